The number of hydrogen-bond donors (Lipinski definition) is 2. The van der Waals surface area contributed by atoms with Crippen molar-refractivity contribution < 1.29 is 13.5 Å². The first-order chi connectivity index (χ1) is 20.0. The maximum atomic E-state index is 15.5. The van der Waals surface area contributed by atoms with Crippen LogP contribution < -0.4 is 14.9 Å². The van der Waals surface area contributed by atoms with Crippen LogP contribution in [0.15, 0.2) is 73.1 Å². The van der Waals surface area contributed by atoms with E-state index < -0.39 is 11.6 Å². The lowest BCUT2D eigenvalue weighted by molar-refractivity contribution is 0.122. The lowest BCUT2D eigenvalue weighted by Crippen LogP contribution is -2.36. The van der Waals surface area contributed by atoms with Gasteiger partial charge in [0.2, 0.25) is 0 Å². The molecule has 1 fully saturated rings. The van der Waals surface area contributed by atoms with Crippen molar-refractivity contribution in [2.24, 2.45) is 0 Å². The summed E-state index contributed by atoms with van der Waals surface area (Å²) in [5, 5.41) is 3.73. The third kappa shape index (κ3) is 5.53. The SMILES string of the molecule is CSNc1ccc(-c2cnc(N3CCOCC3)cc2Nc2c(C)c(-c3ccccn3)nc3cc(F)cc(F)c23)cc1. The molecule has 0 radical (unpaired) electrons. The number of nitrogens with zero attached hydrogens (tertiary/aromatic N) is 4. The minimum absolute atomic E-state index is 0.202. The van der Waals surface area contributed by atoms with E-state index in [0.717, 1.165) is 47.5 Å². The van der Waals surface area contributed by atoms with E-state index in [0.29, 0.717) is 35.9 Å². The number of morpholine rings is 1. The molecule has 1 aliphatic rings. The second kappa shape index (κ2) is 11.7. The van der Waals surface area contributed by atoms with Crippen LogP contribution in [0.3, 0.4) is 0 Å². The Hall–Kier alpha value is -4.28. The van der Waals surface area contributed by atoms with E-state index in [4.69, 9.17) is 9.72 Å². The molecule has 3 aromatic heterocycles. The zero-order chi connectivity index (χ0) is 28.3. The van der Waals surface area contributed by atoms with Crippen molar-refractivity contribution in [2.75, 3.05) is 47.5 Å². The molecule has 0 amide bonds. The van der Waals surface area contributed by atoms with Gasteiger partial charge in [-0.3, -0.25) is 4.98 Å². The summed E-state index contributed by atoms with van der Waals surface area (Å²) >= 11 is 1.52. The van der Waals surface area contributed by atoms with E-state index >= 15 is 4.39 Å². The van der Waals surface area contributed by atoms with E-state index in [2.05, 4.69) is 24.9 Å². The van der Waals surface area contributed by atoms with E-state index in [-0.39, 0.29) is 10.9 Å². The Balaban J connectivity index is 1.54. The average Bonchev–Trinajstić information content (AvgIpc) is 3.00. The normalized spacial score (nSPS) is 13.4. The fourth-order valence-electron chi connectivity index (χ4n) is 5.03. The van der Waals surface area contributed by atoms with Crippen molar-refractivity contribution in [3.05, 3.63) is 90.3 Å². The van der Waals surface area contributed by atoms with Crippen molar-refractivity contribution in [1.29, 1.82) is 0 Å². The van der Waals surface area contributed by atoms with Crippen LogP contribution in [0.4, 0.5) is 31.7 Å². The number of fused-ring (bicyclic) bond motifs is 1. The second-order valence-electron chi connectivity index (χ2n) is 9.65. The van der Waals surface area contributed by atoms with Gasteiger partial charge in [0.05, 0.1) is 46.9 Å². The molecule has 1 aliphatic heterocycles. The molecule has 0 bridgehead atoms. The Labute approximate surface area is 241 Å². The Bertz CT molecular complexity index is 1700. The summed E-state index contributed by atoms with van der Waals surface area (Å²) in [5.41, 5.74) is 6.03. The summed E-state index contributed by atoms with van der Waals surface area (Å²) in [5.74, 6) is -0.600. The molecule has 7 nitrogen and oxygen atoms in total. The van der Waals surface area contributed by atoms with Gasteiger partial charge in [-0.2, -0.15) is 0 Å². The van der Waals surface area contributed by atoms with Crippen LogP contribution in [-0.2, 0) is 4.74 Å². The van der Waals surface area contributed by atoms with Crippen molar-refractivity contribution >= 4 is 45.7 Å². The van der Waals surface area contributed by atoms with Gasteiger partial charge >= 0.3 is 0 Å². The van der Waals surface area contributed by atoms with Crippen LogP contribution >= 0.6 is 11.9 Å². The van der Waals surface area contributed by atoms with Gasteiger partial charge in [-0.25, -0.2) is 18.7 Å². The molecule has 2 N–H and O–H groups in total. The summed E-state index contributed by atoms with van der Waals surface area (Å²) < 4.78 is 38.6. The highest BCUT2D eigenvalue weighted by Gasteiger charge is 2.21. The standard InChI is InChI=1S/C31H28F2N6OS/c1-19-30(25-5-3-4-10-34-25)37-27-16-21(32)15-24(33)29(27)31(19)36-26-17-28(39-11-13-40-14-12-39)35-18-23(26)20-6-8-22(9-7-20)38-41-2/h3-10,15-18,38H,11-14H2,1-2H3,(H,35,36,37). The molecule has 0 saturated carbocycles. The van der Waals surface area contributed by atoms with Crippen LogP contribution in [0.2, 0.25) is 0 Å². The van der Waals surface area contributed by atoms with Crippen LogP contribution in [0.25, 0.3) is 33.4 Å². The molecule has 208 valence electrons. The fraction of sp³-hybridized carbons (Fsp3) is 0.194. The summed E-state index contributed by atoms with van der Waals surface area (Å²) in [6.45, 7) is 4.54. The van der Waals surface area contributed by atoms with Crippen molar-refractivity contribution in [2.45, 2.75) is 6.92 Å². The smallest absolute Gasteiger partial charge is 0.137 e. The maximum absolute atomic E-state index is 15.5. The largest absolute Gasteiger partial charge is 0.378 e. The Morgan fingerprint density at radius 2 is 1.78 bits per heavy atom. The predicted octanol–water partition coefficient (Wildman–Crippen LogP) is 7.22. The summed E-state index contributed by atoms with van der Waals surface area (Å²) in [6.07, 6.45) is 5.47. The lowest BCUT2D eigenvalue weighted by atomic mass is 10.0. The topological polar surface area (TPSA) is 75.2 Å². The van der Waals surface area contributed by atoms with Crippen LogP contribution in [0, 0.1) is 18.6 Å². The molecular weight excluding hydrogens is 542 g/mol. The minimum atomic E-state index is -0.692. The molecule has 6 rings (SSSR count). The zero-order valence-corrected chi connectivity index (χ0v) is 23.4. The summed E-state index contributed by atoms with van der Waals surface area (Å²) in [4.78, 5) is 16.0. The number of rotatable bonds is 7. The van der Waals surface area contributed by atoms with Crippen LogP contribution in [0.1, 0.15) is 5.56 Å². The maximum Gasteiger partial charge on any atom is 0.137 e. The number of aromatic nitrogens is 3. The quantitative estimate of drug-likeness (QED) is 0.199. The number of ether oxygens (including phenoxy) is 1. The highest BCUT2D eigenvalue weighted by molar-refractivity contribution is 7.99. The molecule has 0 unspecified atom stereocenters. The van der Waals surface area contributed by atoms with Crippen LogP contribution in [-0.4, -0.2) is 47.5 Å². The molecule has 5 aromatic rings. The van der Waals surface area contributed by atoms with Gasteiger partial charge in [-0.1, -0.05) is 30.1 Å². The fourth-order valence-corrected chi connectivity index (χ4v) is 5.40. The second-order valence-corrected chi connectivity index (χ2v) is 10.3. The molecule has 0 atom stereocenters. The first-order valence-corrected chi connectivity index (χ1v) is 14.4. The third-order valence-corrected chi connectivity index (χ3v) is 7.49. The van der Waals surface area contributed by atoms with Crippen molar-refractivity contribution in [1.82, 2.24) is 15.0 Å². The van der Waals surface area contributed by atoms with Gasteiger partial charge in [0.15, 0.2) is 0 Å². The van der Waals surface area contributed by atoms with Gasteiger partial charge in [0.1, 0.15) is 17.5 Å². The summed E-state index contributed by atoms with van der Waals surface area (Å²) in [7, 11) is 0. The minimum Gasteiger partial charge on any atom is -0.378 e. The van der Waals surface area contributed by atoms with E-state index in [1.165, 1.54) is 18.0 Å². The average molecular weight is 571 g/mol. The molecule has 10 heteroatoms. The molecule has 2 aromatic carbocycles. The van der Waals surface area contributed by atoms with Gasteiger partial charge in [0.25, 0.3) is 0 Å². The molecule has 4 heterocycles. The van der Waals surface area contributed by atoms with Gasteiger partial charge in [-0.15, -0.1) is 0 Å². The highest BCUT2D eigenvalue weighted by Crippen LogP contribution is 2.40. The molecule has 0 aliphatic carbocycles. The van der Waals surface area contributed by atoms with Gasteiger partial charge in [-0.05, 0) is 36.8 Å². The van der Waals surface area contributed by atoms with Gasteiger partial charge < -0.3 is 19.7 Å². The van der Waals surface area contributed by atoms with E-state index in [1.807, 2.05) is 67.9 Å². The van der Waals surface area contributed by atoms with Crippen molar-refractivity contribution in [3.63, 3.8) is 0 Å². The van der Waals surface area contributed by atoms with E-state index in [9.17, 15) is 4.39 Å². The molecule has 41 heavy (non-hydrogen) atoms. The number of halogens is 2. The third-order valence-electron chi connectivity index (χ3n) is 7.05. The Morgan fingerprint density at radius 1 is 0.976 bits per heavy atom. The van der Waals surface area contributed by atoms with Crippen molar-refractivity contribution in [3.8, 4) is 22.5 Å². The summed E-state index contributed by atoms with van der Waals surface area (Å²) in [6, 6.07) is 17.7. The molecule has 0 spiro atoms. The zero-order valence-electron chi connectivity index (χ0n) is 22.6. The van der Waals surface area contributed by atoms with E-state index in [1.54, 1.807) is 6.20 Å². The molecule has 1 saturated heterocycles. The Morgan fingerprint density at radius 3 is 2.51 bits per heavy atom. The Kier molecular flexibility index (Phi) is 7.67. The predicted molar refractivity (Wildman–Crippen MR) is 163 cm³/mol. The molecular formula is C31H28F2N6OS. The van der Waals surface area contributed by atoms with Gasteiger partial charge in [0, 0.05) is 66.8 Å². The number of anilines is 4. The monoisotopic (exact) mass is 570 g/mol. The highest BCUT2D eigenvalue weighted by atomic mass is 32.2. The number of hydrogen-bond acceptors (Lipinski definition) is 8. The number of benzene rings is 2. The number of nitrogens with one attached hydrogen (secondary N) is 2. The number of pyridine rings is 3. The lowest BCUT2D eigenvalue weighted by Gasteiger charge is -2.28. The van der Waals surface area contributed by atoms with Crippen LogP contribution in [0.5, 0.6) is 0 Å². The first-order valence-electron chi connectivity index (χ1n) is 13.2. The first kappa shape index (κ1) is 26.9.